The summed E-state index contributed by atoms with van der Waals surface area (Å²) in [5.74, 6) is 2.25. The molecule has 1 aromatic rings. The second kappa shape index (κ2) is 8.02. The van der Waals surface area contributed by atoms with Gasteiger partial charge in [0.05, 0.1) is 19.8 Å². The molecule has 1 aromatic carbocycles. The predicted molar refractivity (Wildman–Crippen MR) is 74.9 cm³/mol. The third-order valence-electron chi connectivity index (χ3n) is 3.15. The highest BCUT2D eigenvalue weighted by molar-refractivity contribution is 5.39. The van der Waals surface area contributed by atoms with Crippen LogP contribution in [0.3, 0.4) is 0 Å². The smallest absolute Gasteiger partial charge is 0.161 e. The Hall–Kier alpha value is -1.26. The van der Waals surface area contributed by atoms with Crippen LogP contribution in [-0.4, -0.2) is 39.5 Å². The highest BCUT2D eigenvalue weighted by Gasteiger charge is 2.13. The van der Waals surface area contributed by atoms with Gasteiger partial charge in [-0.3, -0.25) is 0 Å². The molecule has 0 amide bonds. The second-order valence-electron chi connectivity index (χ2n) is 4.66. The molecule has 4 heteroatoms. The predicted octanol–water partition coefficient (Wildman–Crippen LogP) is 2.09. The fraction of sp³-hybridized carbons (Fsp3) is 0.600. The molecule has 1 N–H and O–H groups in total. The average Bonchev–Trinajstić information content (AvgIpc) is 2.94. The summed E-state index contributed by atoms with van der Waals surface area (Å²) in [7, 11) is 0. The Morgan fingerprint density at radius 1 is 1.16 bits per heavy atom. The fourth-order valence-electron chi connectivity index (χ4n) is 2.16. The van der Waals surface area contributed by atoms with Crippen molar-refractivity contribution in [1.82, 2.24) is 5.32 Å². The molecule has 1 saturated heterocycles. The van der Waals surface area contributed by atoms with Crippen molar-refractivity contribution in [3.05, 3.63) is 24.3 Å². The van der Waals surface area contributed by atoms with Gasteiger partial charge in [0.2, 0.25) is 0 Å². The van der Waals surface area contributed by atoms with Gasteiger partial charge in [-0.2, -0.15) is 0 Å². The van der Waals surface area contributed by atoms with Gasteiger partial charge in [-0.25, -0.2) is 0 Å². The van der Waals surface area contributed by atoms with E-state index >= 15 is 0 Å². The van der Waals surface area contributed by atoms with Crippen molar-refractivity contribution in [2.24, 2.45) is 5.92 Å². The van der Waals surface area contributed by atoms with Gasteiger partial charge in [-0.05, 0) is 37.9 Å². The molecular weight excluding hydrogens is 242 g/mol. The lowest BCUT2D eigenvalue weighted by atomic mass is 10.1. The van der Waals surface area contributed by atoms with E-state index in [0.717, 1.165) is 31.2 Å². The van der Waals surface area contributed by atoms with Crippen molar-refractivity contribution in [1.29, 1.82) is 0 Å². The lowest BCUT2D eigenvalue weighted by Gasteiger charge is -2.12. The van der Waals surface area contributed by atoms with Crippen LogP contribution in [0.25, 0.3) is 0 Å². The Kier molecular flexibility index (Phi) is 5.98. The normalized spacial score (nSPS) is 18.5. The second-order valence-corrected chi connectivity index (χ2v) is 4.66. The summed E-state index contributed by atoms with van der Waals surface area (Å²) >= 11 is 0. The first kappa shape index (κ1) is 14.2. The summed E-state index contributed by atoms with van der Waals surface area (Å²) in [4.78, 5) is 0. The third-order valence-corrected chi connectivity index (χ3v) is 3.15. The molecule has 19 heavy (non-hydrogen) atoms. The molecule has 106 valence electrons. The van der Waals surface area contributed by atoms with Crippen LogP contribution >= 0.6 is 0 Å². The molecule has 4 nitrogen and oxygen atoms in total. The highest BCUT2D eigenvalue weighted by Crippen LogP contribution is 2.26. The maximum absolute atomic E-state index is 5.69. The molecule has 2 rings (SSSR count). The lowest BCUT2D eigenvalue weighted by molar-refractivity contribution is 0.0773. The Morgan fingerprint density at radius 2 is 1.95 bits per heavy atom. The first-order valence-corrected chi connectivity index (χ1v) is 7.03. The van der Waals surface area contributed by atoms with Crippen molar-refractivity contribution in [3.8, 4) is 11.5 Å². The zero-order valence-corrected chi connectivity index (χ0v) is 11.6. The number of rotatable bonds is 8. The number of hydrogen-bond acceptors (Lipinski definition) is 4. The molecule has 0 bridgehead atoms. The van der Waals surface area contributed by atoms with E-state index < -0.39 is 0 Å². The van der Waals surface area contributed by atoms with Crippen LogP contribution in [0.4, 0.5) is 0 Å². The summed E-state index contributed by atoms with van der Waals surface area (Å²) in [6.07, 6.45) is 1.22. The zero-order valence-electron chi connectivity index (χ0n) is 11.6. The number of hydrogen-bond donors (Lipinski definition) is 1. The van der Waals surface area contributed by atoms with Gasteiger partial charge >= 0.3 is 0 Å². The molecule has 1 heterocycles. The summed E-state index contributed by atoms with van der Waals surface area (Å²) in [6, 6.07) is 7.74. The van der Waals surface area contributed by atoms with Gasteiger partial charge < -0.3 is 19.5 Å². The van der Waals surface area contributed by atoms with Gasteiger partial charge in [-0.15, -0.1) is 0 Å². The van der Waals surface area contributed by atoms with Gasteiger partial charge in [0.25, 0.3) is 0 Å². The molecule has 0 saturated carbocycles. The molecule has 1 aliphatic heterocycles. The first-order chi connectivity index (χ1) is 9.40. The topological polar surface area (TPSA) is 39.7 Å². The molecule has 0 spiro atoms. The Bertz CT molecular complexity index is 364. The molecule has 1 aliphatic rings. The van der Waals surface area contributed by atoms with Crippen LogP contribution in [0, 0.1) is 5.92 Å². The highest BCUT2D eigenvalue weighted by atomic mass is 16.5. The monoisotopic (exact) mass is 265 g/mol. The summed E-state index contributed by atoms with van der Waals surface area (Å²) in [5.41, 5.74) is 0. The fourth-order valence-corrected chi connectivity index (χ4v) is 2.16. The van der Waals surface area contributed by atoms with Crippen molar-refractivity contribution < 1.29 is 14.2 Å². The van der Waals surface area contributed by atoms with E-state index in [1.54, 1.807) is 0 Å². The lowest BCUT2D eigenvalue weighted by Crippen LogP contribution is -2.16. The van der Waals surface area contributed by atoms with Gasteiger partial charge in [0, 0.05) is 6.54 Å². The van der Waals surface area contributed by atoms with Crippen molar-refractivity contribution in [2.45, 2.75) is 13.3 Å². The van der Waals surface area contributed by atoms with Crippen molar-refractivity contribution in [3.63, 3.8) is 0 Å². The van der Waals surface area contributed by atoms with Crippen LogP contribution in [0.15, 0.2) is 24.3 Å². The van der Waals surface area contributed by atoms with Crippen LogP contribution in [0.1, 0.15) is 13.3 Å². The van der Waals surface area contributed by atoms with Crippen molar-refractivity contribution in [2.75, 3.05) is 39.5 Å². The maximum atomic E-state index is 5.69. The van der Waals surface area contributed by atoms with Gasteiger partial charge in [-0.1, -0.05) is 12.1 Å². The van der Waals surface area contributed by atoms with E-state index in [1.165, 1.54) is 6.42 Å². The largest absolute Gasteiger partial charge is 0.490 e. The molecule has 1 atom stereocenters. The first-order valence-electron chi connectivity index (χ1n) is 7.03. The number of para-hydroxylation sites is 2. The average molecular weight is 265 g/mol. The van der Waals surface area contributed by atoms with E-state index in [0.29, 0.717) is 25.7 Å². The molecule has 0 radical (unpaired) electrons. The van der Waals surface area contributed by atoms with Gasteiger partial charge in [0.1, 0.15) is 6.61 Å². The molecule has 0 aliphatic carbocycles. The standard InChI is InChI=1S/C15H23NO3/c1-2-18-14-5-3-4-6-15(14)19-10-9-17-12-13-7-8-16-11-13/h3-6,13,16H,2,7-12H2,1H3. The Balaban J connectivity index is 1.64. The third kappa shape index (κ3) is 4.73. The molecule has 1 fully saturated rings. The molecule has 1 unspecified atom stereocenters. The Morgan fingerprint density at radius 3 is 2.63 bits per heavy atom. The minimum absolute atomic E-state index is 0.560. The summed E-state index contributed by atoms with van der Waals surface area (Å²) < 4.78 is 16.8. The Labute approximate surface area is 115 Å². The number of benzene rings is 1. The number of ether oxygens (including phenoxy) is 3. The van der Waals surface area contributed by atoms with Gasteiger partial charge in [0.15, 0.2) is 11.5 Å². The summed E-state index contributed by atoms with van der Waals surface area (Å²) in [6.45, 7) is 6.81. The maximum Gasteiger partial charge on any atom is 0.161 e. The zero-order chi connectivity index (χ0) is 13.3. The number of nitrogens with one attached hydrogen (secondary N) is 1. The minimum Gasteiger partial charge on any atom is -0.490 e. The molecule has 0 aromatic heterocycles. The quantitative estimate of drug-likeness (QED) is 0.731. The van der Waals surface area contributed by atoms with Crippen LogP contribution in [-0.2, 0) is 4.74 Å². The van der Waals surface area contributed by atoms with E-state index in [1.807, 2.05) is 31.2 Å². The van der Waals surface area contributed by atoms with Crippen LogP contribution in [0.2, 0.25) is 0 Å². The minimum atomic E-state index is 0.560. The SMILES string of the molecule is CCOc1ccccc1OCCOCC1CCNC1. The van der Waals surface area contributed by atoms with E-state index in [2.05, 4.69) is 5.32 Å². The van der Waals surface area contributed by atoms with Crippen LogP contribution in [0.5, 0.6) is 11.5 Å². The molecular formula is C15H23NO3. The van der Waals surface area contributed by atoms with E-state index in [-0.39, 0.29) is 0 Å². The van der Waals surface area contributed by atoms with Crippen LogP contribution < -0.4 is 14.8 Å². The van der Waals surface area contributed by atoms with E-state index in [4.69, 9.17) is 14.2 Å². The van der Waals surface area contributed by atoms with E-state index in [9.17, 15) is 0 Å². The summed E-state index contributed by atoms with van der Waals surface area (Å²) in [5, 5.41) is 3.33. The van der Waals surface area contributed by atoms with Crippen molar-refractivity contribution >= 4 is 0 Å².